The predicted octanol–water partition coefficient (Wildman–Crippen LogP) is 3.64. The van der Waals surface area contributed by atoms with Gasteiger partial charge >= 0.3 is 0 Å². The van der Waals surface area contributed by atoms with Crippen LogP contribution in [0.4, 0.5) is 8.78 Å². The molecule has 3 atom stereocenters. The second-order valence-electron chi connectivity index (χ2n) is 6.22. The molecule has 1 amide bonds. The van der Waals surface area contributed by atoms with Gasteiger partial charge in [0.2, 0.25) is 5.91 Å². The molecule has 23 heavy (non-hydrogen) atoms. The number of carbonyl (C=O) groups is 2. The minimum absolute atomic E-state index is 0.302. The maximum Gasteiger partial charge on any atom is 0.221 e. The summed E-state index contributed by atoms with van der Waals surface area (Å²) >= 11 is 0. The zero-order valence-corrected chi connectivity index (χ0v) is 13.7. The number of amides is 1. The number of hydrogen-bond acceptors (Lipinski definition) is 2. The van der Waals surface area contributed by atoms with Crippen LogP contribution in [0, 0.1) is 29.4 Å². The second-order valence-corrected chi connectivity index (χ2v) is 6.22. The lowest BCUT2D eigenvalue weighted by atomic mass is 9.83. The van der Waals surface area contributed by atoms with Gasteiger partial charge in [-0.1, -0.05) is 26.7 Å². The molecule has 0 bridgehead atoms. The molecule has 1 aromatic carbocycles. The van der Waals surface area contributed by atoms with E-state index < -0.39 is 29.4 Å². The molecule has 2 N–H and O–H groups in total. The van der Waals surface area contributed by atoms with Gasteiger partial charge in [-0.05, 0) is 42.9 Å². The highest BCUT2D eigenvalue weighted by Gasteiger charge is 2.26. The standard InChI is InChI=1S/C18H25F2NO2/c1-3-12(2)4-6-14(11-22)17(18(21)23)7-5-13-8-15(19)10-16(20)9-13/h8-12,14,17H,3-7H2,1-2H3,(H2,21,23)/t12?,14-,17-/m0/s1. The molecule has 0 aliphatic carbocycles. The fourth-order valence-electron chi connectivity index (χ4n) is 2.69. The maximum atomic E-state index is 13.2. The lowest BCUT2D eigenvalue weighted by Crippen LogP contribution is -2.31. The van der Waals surface area contributed by atoms with E-state index in [9.17, 15) is 18.4 Å². The van der Waals surface area contributed by atoms with Crippen LogP contribution in [0.2, 0.25) is 0 Å². The van der Waals surface area contributed by atoms with Gasteiger partial charge in [-0.25, -0.2) is 8.78 Å². The van der Waals surface area contributed by atoms with Crippen molar-refractivity contribution in [3.63, 3.8) is 0 Å². The quantitative estimate of drug-likeness (QED) is 0.668. The van der Waals surface area contributed by atoms with Crippen LogP contribution in [-0.4, -0.2) is 12.2 Å². The Labute approximate surface area is 136 Å². The molecule has 0 radical (unpaired) electrons. The summed E-state index contributed by atoms with van der Waals surface area (Å²) in [6.45, 7) is 4.17. The summed E-state index contributed by atoms with van der Waals surface area (Å²) < 4.78 is 26.4. The van der Waals surface area contributed by atoms with Crippen molar-refractivity contribution in [3.8, 4) is 0 Å². The highest BCUT2D eigenvalue weighted by Crippen LogP contribution is 2.24. The van der Waals surface area contributed by atoms with Crippen molar-refractivity contribution in [1.29, 1.82) is 0 Å². The van der Waals surface area contributed by atoms with Gasteiger partial charge in [-0.2, -0.15) is 0 Å². The van der Waals surface area contributed by atoms with E-state index in [-0.39, 0.29) is 0 Å². The van der Waals surface area contributed by atoms with Crippen LogP contribution in [0.5, 0.6) is 0 Å². The van der Waals surface area contributed by atoms with Gasteiger partial charge in [-0.3, -0.25) is 4.79 Å². The van der Waals surface area contributed by atoms with Crippen LogP contribution < -0.4 is 5.73 Å². The average Bonchev–Trinajstić information content (AvgIpc) is 2.48. The SMILES string of the molecule is CCC(C)CC[C@@H](C=O)[C@H](CCc1cc(F)cc(F)c1)C(N)=O. The van der Waals surface area contributed by atoms with Crippen molar-refractivity contribution >= 4 is 12.2 Å². The Kier molecular flexibility index (Phi) is 7.86. The third kappa shape index (κ3) is 6.47. The summed E-state index contributed by atoms with van der Waals surface area (Å²) in [4.78, 5) is 23.0. The van der Waals surface area contributed by atoms with Gasteiger partial charge in [0.15, 0.2) is 0 Å². The molecule has 1 unspecified atom stereocenters. The smallest absolute Gasteiger partial charge is 0.221 e. The molecule has 0 aromatic heterocycles. The number of benzene rings is 1. The first-order valence-corrected chi connectivity index (χ1v) is 8.06. The lowest BCUT2D eigenvalue weighted by Gasteiger charge is -2.21. The Morgan fingerprint density at radius 1 is 1.17 bits per heavy atom. The summed E-state index contributed by atoms with van der Waals surface area (Å²) in [5.74, 6) is -2.42. The van der Waals surface area contributed by atoms with Crippen LogP contribution in [-0.2, 0) is 16.0 Å². The Bertz CT molecular complexity index is 514. The number of aryl methyl sites for hydroxylation is 1. The van der Waals surface area contributed by atoms with Crippen LogP contribution in [0.1, 0.15) is 45.1 Å². The average molecular weight is 325 g/mol. The minimum Gasteiger partial charge on any atom is -0.369 e. The van der Waals surface area contributed by atoms with Crippen LogP contribution in [0.3, 0.4) is 0 Å². The number of hydrogen-bond donors (Lipinski definition) is 1. The van der Waals surface area contributed by atoms with Gasteiger partial charge in [0.05, 0.1) is 0 Å². The maximum absolute atomic E-state index is 13.2. The van der Waals surface area contributed by atoms with E-state index in [1.807, 2.05) is 0 Å². The summed E-state index contributed by atoms with van der Waals surface area (Å²) in [6, 6.07) is 3.27. The van der Waals surface area contributed by atoms with Crippen molar-refractivity contribution in [2.45, 2.75) is 46.0 Å². The molecular formula is C18H25F2NO2. The van der Waals surface area contributed by atoms with Gasteiger partial charge in [0, 0.05) is 17.9 Å². The molecule has 5 heteroatoms. The molecule has 0 fully saturated rings. The van der Waals surface area contributed by atoms with Gasteiger partial charge in [0.25, 0.3) is 0 Å². The van der Waals surface area contributed by atoms with Crippen molar-refractivity contribution in [2.75, 3.05) is 0 Å². The Balaban J connectivity index is 2.72. The summed E-state index contributed by atoms with van der Waals surface area (Å²) in [5, 5.41) is 0. The Morgan fingerprint density at radius 3 is 2.26 bits per heavy atom. The topological polar surface area (TPSA) is 60.2 Å². The van der Waals surface area contributed by atoms with E-state index in [0.717, 1.165) is 25.2 Å². The summed E-state index contributed by atoms with van der Waals surface area (Å²) in [6.07, 6.45) is 3.85. The molecule has 0 spiro atoms. The molecule has 128 valence electrons. The first-order chi connectivity index (χ1) is 10.9. The summed E-state index contributed by atoms with van der Waals surface area (Å²) in [5.41, 5.74) is 5.89. The number of nitrogens with two attached hydrogens (primary N) is 1. The molecule has 1 aromatic rings. The Hall–Kier alpha value is -1.78. The van der Waals surface area contributed by atoms with Gasteiger partial charge in [0.1, 0.15) is 17.9 Å². The largest absolute Gasteiger partial charge is 0.369 e. The van der Waals surface area contributed by atoms with E-state index in [4.69, 9.17) is 5.73 Å². The number of rotatable bonds is 10. The molecular weight excluding hydrogens is 300 g/mol. The molecule has 0 aliphatic rings. The van der Waals surface area contributed by atoms with E-state index in [1.54, 1.807) is 0 Å². The lowest BCUT2D eigenvalue weighted by molar-refractivity contribution is -0.127. The number of aldehydes is 1. The fourth-order valence-corrected chi connectivity index (χ4v) is 2.69. The third-order valence-electron chi connectivity index (χ3n) is 4.41. The van der Waals surface area contributed by atoms with Crippen molar-refractivity contribution in [1.82, 2.24) is 0 Å². The minimum atomic E-state index is -0.653. The fraction of sp³-hybridized carbons (Fsp3) is 0.556. The van der Waals surface area contributed by atoms with Crippen LogP contribution in [0.15, 0.2) is 18.2 Å². The number of carbonyl (C=O) groups excluding carboxylic acids is 2. The molecule has 0 heterocycles. The molecule has 0 aliphatic heterocycles. The second kappa shape index (κ2) is 9.38. The van der Waals surface area contributed by atoms with E-state index in [1.165, 1.54) is 12.1 Å². The number of halogens is 2. The van der Waals surface area contributed by atoms with Crippen LogP contribution >= 0.6 is 0 Å². The van der Waals surface area contributed by atoms with Gasteiger partial charge < -0.3 is 10.5 Å². The van der Waals surface area contributed by atoms with E-state index in [2.05, 4.69) is 13.8 Å². The highest BCUT2D eigenvalue weighted by atomic mass is 19.1. The Morgan fingerprint density at radius 2 is 1.78 bits per heavy atom. The van der Waals surface area contributed by atoms with Crippen molar-refractivity contribution < 1.29 is 18.4 Å². The molecule has 3 nitrogen and oxygen atoms in total. The van der Waals surface area contributed by atoms with Crippen LogP contribution in [0.25, 0.3) is 0 Å². The first kappa shape index (κ1) is 19.3. The normalized spacial score (nSPS) is 15.0. The van der Waals surface area contributed by atoms with Crippen molar-refractivity contribution in [3.05, 3.63) is 35.4 Å². The van der Waals surface area contributed by atoms with Crippen molar-refractivity contribution in [2.24, 2.45) is 23.5 Å². The zero-order valence-electron chi connectivity index (χ0n) is 13.7. The zero-order chi connectivity index (χ0) is 17.4. The monoisotopic (exact) mass is 325 g/mol. The summed E-state index contributed by atoms with van der Waals surface area (Å²) in [7, 11) is 0. The molecule has 0 saturated heterocycles. The highest BCUT2D eigenvalue weighted by molar-refractivity contribution is 5.80. The van der Waals surface area contributed by atoms with Gasteiger partial charge in [-0.15, -0.1) is 0 Å². The number of primary amides is 1. The molecule has 0 saturated carbocycles. The molecule has 1 rings (SSSR count). The first-order valence-electron chi connectivity index (χ1n) is 8.06. The third-order valence-corrected chi connectivity index (χ3v) is 4.41. The predicted molar refractivity (Wildman–Crippen MR) is 85.6 cm³/mol. The van der Waals surface area contributed by atoms with E-state index >= 15 is 0 Å². The van der Waals surface area contributed by atoms with E-state index in [0.29, 0.717) is 30.7 Å².